The topological polar surface area (TPSA) is 78.9 Å². The molecule has 364 valence electrons. The number of unbranched alkanes of at least 4 members (excludes halogenated alkanes) is 35. The second kappa shape index (κ2) is 51.5. The molecule has 0 heterocycles. The predicted molar refractivity (Wildman–Crippen MR) is 266 cm³/mol. The van der Waals surface area contributed by atoms with Crippen LogP contribution in [0.4, 0.5) is 0 Å². The zero-order chi connectivity index (χ0) is 45.1. The van der Waals surface area contributed by atoms with Crippen LogP contribution in [0.2, 0.25) is 0 Å². The highest BCUT2D eigenvalue weighted by molar-refractivity contribution is 5.71. The molecule has 0 saturated carbocycles. The van der Waals surface area contributed by atoms with Crippen molar-refractivity contribution in [3.05, 3.63) is 24.3 Å². The summed E-state index contributed by atoms with van der Waals surface area (Å²) in [5.74, 6) is -0.876. The van der Waals surface area contributed by atoms with Crippen molar-refractivity contribution in [2.75, 3.05) is 13.2 Å². The monoisotopic (exact) mass is 873 g/mol. The maximum atomic E-state index is 12.8. The molecule has 0 aliphatic heterocycles. The Morgan fingerprint density at radius 3 is 0.823 bits per heavy atom. The number of hydrogen-bond acceptors (Lipinski definition) is 6. The van der Waals surface area contributed by atoms with Crippen molar-refractivity contribution in [2.24, 2.45) is 0 Å². The molecule has 0 bridgehead atoms. The minimum absolute atomic E-state index is 0.0732. The molecular weight excluding hydrogens is 769 g/mol. The number of carbonyl (C=O) groups is 3. The van der Waals surface area contributed by atoms with Crippen LogP contribution in [-0.4, -0.2) is 37.2 Å². The molecule has 0 aliphatic rings. The van der Waals surface area contributed by atoms with Crippen LogP contribution in [0.25, 0.3) is 0 Å². The van der Waals surface area contributed by atoms with Crippen LogP contribution < -0.4 is 0 Å². The first-order valence-corrected chi connectivity index (χ1v) is 27.3. The molecule has 0 radical (unpaired) electrons. The van der Waals surface area contributed by atoms with Gasteiger partial charge in [0.15, 0.2) is 6.10 Å². The Morgan fingerprint density at radius 2 is 0.532 bits per heavy atom. The zero-order valence-electron chi connectivity index (χ0n) is 41.7. The predicted octanol–water partition coefficient (Wildman–Crippen LogP) is 17.9. The summed E-state index contributed by atoms with van der Waals surface area (Å²) >= 11 is 0. The van der Waals surface area contributed by atoms with Gasteiger partial charge in [0.2, 0.25) is 0 Å². The van der Waals surface area contributed by atoms with Crippen molar-refractivity contribution in [2.45, 2.75) is 303 Å². The average Bonchev–Trinajstić information content (AvgIpc) is 3.27. The molecular formula is C56H104O6. The first-order chi connectivity index (χ1) is 30.5. The molecule has 0 saturated heterocycles. The van der Waals surface area contributed by atoms with Gasteiger partial charge in [-0.15, -0.1) is 0 Å². The molecule has 1 atom stereocenters. The van der Waals surface area contributed by atoms with Crippen molar-refractivity contribution in [3.63, 3.8) is 0 Å². The molecule has 6 heteroatoms. The van der Waals surface area contributed by atoms with E-state index in [4.69, 9.17) is 14.2 Å². The molecule has 0 fully saturated rings. The van der Waals surface area contributed by atoms with E-state index >= 15 is 0 Å². The van der Waals surface area contributed by atoms with Crippen molar-refractivity contribution >= 4 is 17.9 Å². The van der Waals surface area contributed by atoms with E-state index in [9.17, 15) is 14.4 Å². The first-order valence-electron chi connectivity index (χ1n) is 27.3. The average molecular weight is 873 g/mol. The van der Waals surface area contributed by atoms with Gasteiger partial charge in [-0.05, 0) is 70.6 Å². The van der Waals surface area contributed by atoms with Gasteiger partial charge in [-0.2, -0.15) is 0 Å². The van der Waals surface area contributed by atoms with Gasteiger partial charge >= 0.3 is 17.9 Å². The Kier molecular flexibility index (Phi) is 49.8. The quantitative estimate of drug-likeness (QED) is 0.0262. The van der Waals surface area contributed by atoms with Crippen LogP contribution in [0.1, 0.15) is 297 Å². The van der Waals surface area contributed by atoms with Gasteiger partial charge < -0.3 is 14.2 Å². The van der Waals surface area contributed by atoms with Gasteiger partial charge in [0, 0.05) is 19.3 Å². The highest BCUT2D eigenvalue weighted by atomic mass is 16.6. The Morgan fingerprint density at radius 1 is 0.306 bits per heavy atom. The lowest BCUT2D eigenvalue weighted by Gasteiger charge is -2.18. The Bertz CT molecular complexity index is 1000. The van der Waals surface area contributed by atoms with Gasteiger partial charge in [0.1, 0.15) is 13.2 Å². The second-order valence-corrected chi connectivity index (χ2v) is 18.5. The molecule has 0 aromatic carbocycles. The van der Waals surface area contributed by atoms with Crippen LogP contribution in [0.5, 0.6) is 0 Å². The molecule has 0 spiro atoms. The van der Waals surface area contributed by atoms with Crippen molar-refractivity contribution in [1.29, 1.82) is 0 Å². The van der Waals surface area contributed by atoms with E-state index in [0.717, 1.165) is 70.6 Å². The SMILES string of the molecule is CCCCCC/C=C/CCCCCCCC(=O)OC[C@H](COC(=O)CCCCCCCCCCCCCCCCCCCC)OC(=O)CCCCCCC/C=C/CCCCCC. The lowest BCUT2D eigenvalue weighted by Crippen LogP contribution is -2.30. The largest absolute Gasteiger partial charge is 0.462 e. The van der Waals surface area contributed by atoms with Gasteiger partial charge in [0.05, 0.1) is 0 Å². The Labute approximate surface area is 385 Å². The smallest absolute Gasteiger partial charge is 0.306 e. The fourth-order valence-electron chi connectivity index (χ4n) is 8.02. The maximum Gasteiger partial charge on any atom is 0.306 e. The number of esters is 3. The summed E-state index contributed by atoms with van der Waals surface area (Å²) in [5, 5.41) is 0. The van der Waals surface area contributed by atoms with E-state index in [1.54, 1.807) is 0 Å². The number of allylic oxidation sites excluding steroid dienone is 4. The molecule has 0 amide bonds. The summed E-state index contributed by atoms with van der Waals surface area (Å²) in [7, 11) is 0. The summed E-state index contributed by atoms with van der Waals surface area (Å²) in [4.78, 5) is 38.0. The fraction of sp³-hybridized carbons (Fsp3) is 0.875. The molecule has 6 nitrogen and oxygen atoms in total. The minimum Gasteiger partial charge on any atom is -0.462 e. The molecule has 0 aromatic rings. The molecule has 0 aliphatic carbocycles. The highest BCUT2D eigenvalue weighted by Crippen LogP contribution is 2.16. The molecule has 0 rings (SSSR count). The summed E-state index contributed by atoms with van der Waals surface area (Å²) < 4.78 is 16.8. The van der Waals surface area contributed by atoms with E-state index in [0.29, 0.717) is 19.3 Å². The second-order valence-electron chi connectivity index (χ2n) is 18.5. The summed E-state index contributed by atoms with van der Waals surface area (Å²) in [6.45, 7) is 6.63. The first kappa shape index (κ1) is 59.9. The Balaban J connectivity index is 4.31. The van der Waals surface area contributed by atoms with Crippen LogP contribution >= 0.6 is 0 Å². The zero-order valence-corrected chi connectivity index (χ0v) is 41.7. The van der Waals surface area contributed by atoms with Crippen LogP contribution in [0, 0.1) is 0 Å². The number of rotatable bonds is 50. The third-order valence-corrected chi connectivity index (χ3v) is 12.2. The summed E-state index contributed by atoms with van der Waals surface area (Å²) in [5.41, 5.74) is 0. The fourth-order valence-corrected chi connectivity index (χ4v) is 8.02. The van der Waals surface area contributed by atoms with Crippen molar-refractivity contribution < 1.29 is 28.6 Å². The lowest BCUT2D eigenvalue weighted by atomic mass is 10.0. The third-order valence-electron chi connectivity index (χ3n) is 12.2. The van der Waals surface area contributed by atoms with Crippen LogP contribution in [0.15, 0.2) is 24.3 Å². The van der Waals surface area contributed by atoms with Crippen molar-refractivity contribution in [3.8, 4) is 0 Å². The van der Waals surface area contributed by atoms with E-state index in [-0.39, 0.29) is 31.1 Å². The van der Waals surface area contributed by atoms with E-state index < -0.39 is 6.10 Å². The van der Waals surface area contributed by atoms with E-state index in [2.05, 4.69) is 45.1 Å². The van der Waals surface area contributed by atoms with Gasteiger partial charge in [-0.1, -0.05) is 231 Å². The molecule has 0 unspecified atom stereocenters. The van der Waals surface area contributed by atoms with E-state index in [1.165, 1.54) is 186 Å². The summed E-state index contributed by atoms with van der Waals surface area (Å²) in [6, 6.07) is 0. The van der Waals surface area contributed by atoms with E-state index in [1.807, 2.05) is 0 Å². The van der Waals surface area contributed by atoms with Gasteiger partial charge in [0.25, 0.3) is 0 Å². The van der Waals surface area contributed by atoms with Gasteiger partial charge in [-0.25, -0.2) is 0 Å². The van der Waals surface area contributed by atoms with Crippen LogP contribution in [0.3, 0.4) is 0 Å². The highest BCUT2D eigenvalue weighted by Gasteiger charge is 2.19. The number of hydrogen-bond donors (Lipinski definition) is 0. The maximum absolute atomic E-state index is 12.8. The normalized spacial score (nSPS) is 12.1. The number of ether oxygens (including phenoxy) is 3. The Hall–Kier alpha value is -2.11. The molecule has 0 aromatic heterocycles. The lowest BCUT2D eigenvalue weighted by molar-refractivity contribution is -0.167. The molecule has 0 N–H and O–H groups in total. The molecule has 62 heavy (non-hydrogen) atoms. The third kappa shape index (κ3) is 48.9. The van der Waals surface area contributed by atoms with Gasteiger partial charge in [-0.3, -0.25) is 14.4 Å². The standard InChI is InChI=1S/C56H104O6/c1-4-7-10-13-16-19-22-25-26-27-28-29-32-34-37-40-43-46-49-55(58)61-52-53(62-56(59)50-47-44-41-38-35-31-24-21-18-15-12-9-6-3)51-60-54(57)48-45-42-39-36-33-30-23-20-17-14-11-8-5-2/h20-21,23-24,53H,4-19,22,25-52H2,1-3H3/b23-20+,24-21+/t53-/m1/s1. The van der Waals surface area contributed by atoms with Crippen LogP contribution in [-0.2, 0) is 28.6 Å². The van der Waals surface area contributed by atoms with Crippen molar-refractivity contribution in [1.82, 2.24) is 0 Å². The minimum atomic E-state index is -0.774. The summed E-state index contributed by atoms with van der Waals surface area (Å²) in [6.07, 6.45) is 58.8. The number of carbonyl (C=O) groups excluding carboxylic acids is 3.